The van der Waals surface area contributed by atoms with Gasteiger partial charge in [-0.05, 0) is 51.5 Å². The quantitative estimate of drug-likeness (QED) is 0.775. The molecule has 2 aromatic rings. The van der Waals surface area contributed by atoms with Crippen LogP contribution < -0.4 is 10.1 Å². The smallest absolute Gasteiger partial charge is 0.306 e. The Morgan fingerprint density at radius 3 is 2.48 bits per heavy atom. The molecule has 0 aliphatic rings. The van der Waals surface area contributed by atoms with Crippen molar-refractivity contribution in [3.63, 3.8) is 0 Å². The third kappa shape index (κ3) is 5.07. The first-order chi connectivity index (χ1) is 11.9. The summed E-state index contributed by atoms with van der Waals surface area (Å²) in [7, 11) is 1.57. The van der Waals surface area contributed by atoms with Crippen molar-refractivity contribution < 1.29 is 23.6 Å². The highest BCUT2D eigenvalue weighted by Crippen LogP contribution is 2.16. The second kappa shape index (κ2) is 8.32. The SMILES string of the molecule is COc1ccc(NC(=O)[C@@H](C)OC(=O)CCc2c(C)noc2C)cc1. The van der Waals surface area contributed by atoms with E-state index in [4.69, 9.17) is 14.0 Å². The van der Waals surface area contributed by atoms with Gasteiger partial charge in [0.05, 0.1) is 12.8 Å². The number of carbonyl (C=O) groups is 2. The van der Waals surface area contributed by atoms with Crippen LogP contribution >= 0.6 is 0 Å². The molecule has 0 bridgehead atoms. The molecule has 0 unspecified atom stereocenters. The van der Waals surface area contributed by atoms with Gasteiger partial charge in [-0.1, -0.05) is 5.16 Å². The van der Waals surface area contributed by atoms with Crippen LogP contribution in [0.3, 0.4) is 0 Å². The van der Waals surface area contributed by atoms with Gasteiger partial charge < -0.3 is 19.3 Å². The number of hydrogen-bond donors (Lipinski definition) is 1. The van der Waals surface area contributed by atoms with E-state index in [0.717, 1.165) is 11.3 Å². The summed E-state index contributed by atoms with van der Waals surface area (Å²) < 4.78 is 15.3. The molecular weight excluding hydrogens is 324 g/mol. The van der Waals surface area contributed by atoms with Crippen molar-refractivity contribution in [3.8, 4) is 5.75 Å². The maximum Gasteiger partial charge on any atom is 0.306 e. The Kier molecular flexibility index (Phi) is 6.16. The van der Waals surface area contributed by atoms with E-state index < -0.39 is 18.0 Å². The first-order valence-corrected chi connectivity index (χ1v) is 7.97. The maximum absolute atomic E-state index is 12.1. The number of rotatable bonds is 7. The number of ether oxygens (including phenoxy) is 2. The third-order valence-corrected chi connectivity index (χ3v) is 3.80. The summed E-state index contributed by atoms with van der Waals surface area (Å²) in [6, 6.07) is 6.89. The van der Waals surface area contributed by atoms with Gasteiger partial charge in [0.2, 0.25) is 0 Å². The molecule has 25 heavy (non-hydrogen) atoms. The van der Waals surface area contributed by atoms with E-state index in [0.29, 0.717) is 23.6 Å². The number of nitrogens with zero attached hydrogens (tertiary/aromatic N) is 1. The molecule has 1 N–H and O–H groups in total. The largest absolute Gasteiger partial charge is 0.497 e. The summed E-state index contributed by atoms with van der Waals surface area (Å²) in [6.45, 7) is 5.15. The Hall–Kier alpha value is -2.83. The average molecular weight is 346 g/mol. The fourth-order valence-electron chi connectivity index (χ4n) is 2.31. The van der Waals surface area contributed by atoms with E-state index in [1.54, 1.807) is 38.3 Å². The van der Waals surface area contributed by atoms with E-state index in [9.17, 15) is 9.59 Å². The number of esters is 1. The fourth-order valence-corrected chi connectivity index (χ4v) is 2.31. The lowest BCUT2D eigenvalue weighted by Gasteiger charge is -2.13. The lowest BCUT2D eigenvalue weighted by Crippen LogP contribution is -2.30. The minimum atomic E-state index is -0.890. The van der Waals surface area contributed by atoms with Crippen LogP contribution in [0.2, 0.25) is 0 Å². The van der Waals surface area contributed by atoms with E-state index in [1.807, 2.05) is 6.92 Å². The Balaban J connectivity index is 1.82. The summed E-state index contributed by atoms with van der Waals surface area (Å²) in [5.74, 6) is 0.542. The summed E-state index contributed by atoms with van der Waals surface area (Å²) >= 11 is 0. The molecule has 1 aromatic carbocycles. The molecule has 0 saturated carbocycles. The first-order valence-electron chi connectivity index (χ1n) is 7.97. The Morgan fingerprint density at radius 1 is 1.24 bits per heavy atom. The van der Waals surface area contributed by atoms with Gasteiger partial charge in [-0.2, -0.15) is 0 Å². The van der Waals surface area contributed by atoms with Crippen LogP contribution in [0, 0.1) is 13.8 Å². The number of benzene rings is 1. The molecule has 0 aliphatic carbocycles. The van der Waals surface area contributed by atoms with Crippen molar-refractivity contribution in [1.29, 1.82) is 0 Å². The van der Waals surface area contributed by atoms with Gasteiger partial charge in [0, 0.05) is 17.7 Å². The van der Waals surface area contributed by atoms with Gasteiger partial charge in [-0.15, -0.1) is 0 Å². The number of hydrogen-bond acceptors (Lipinski definition) is 6. The lowest BCUT2D eigenvalue weighted by atomic mass is 10.1. The van der Waals surface area contributed by atoms with Crippen molar-refractivity contribution >= 4 is 17.6 Å². The van der Waals surface area contributed by atoms with Crippen molar-refractivity contribution in [1.82, 2.24) is 5.16 Å². The molecule has 0 radical (unpaired) electrons. The predicted molar refractivity (Wildman–Crippen MR) is 91.5 cm³/mol. The average Bonchev–Trinajstić information content (AvgIpc) is 2.91. The van der Waals surface area contributed by atoms with Crippen molar-refractivity contribution in [2.75, 3.05) is 12.4 Å². The van der Waals surface area contributed by atoms with Crippen LogP contribution in [0.1, 0.15) is 30.4 Å². The highest BCUT2D eigenvalue weighted by Gasteiger charge is 2.19. The first kappa shape index (κ1) is 18.5. The number of aromatic nitrogens is 1. The molecule has 2 rings (SSSR count). The Labute approximate surface area is 146 Å². The molecule has 7 nitrogen and oxygen atoms in total. The van der Waals surface area contributed by atoms with Crippen LogP contribution in [0.25, 0.3) is 0 Å². The monoisotopic (exact) mass is 346 g/mol. The van der Waals surface area contributed by atoms with Crippen molar-refractivity contribution in [2.24, 2.45) is 0 Å². The van der Waals surface area contributed by atoms with Crippen LogP contribution in [-0.2, 0) is 20.7 Å². The minimum absolute atomic E-state index is 0.156. The minimum Gasteiger partial charge on any atom is -0.497 e. The number of nitrogens with one attached hydrogen (secondary N) is 1. The highest BCUT2D eigenvalue weighted by atomic mass is 16.5. The zero-order valence-corrected chi connectivity index (χ0v) is 14.8. The molecule has 1 heterocycles. The second-order valence-corrected chi connectivity index (χ2v) is 5.65. The number of aryl methyl sites for hydroxylation is 2. The van der Waals surface area contributed by atoms with Crippen LogP contribution in [0.15, 0.2) is 28.8 Å². The molecule has 7 heteroatoms. The van der Waals surface area contributed by atoms with Crippen LogP contribution in [-0.4, -0.2) is 30.2 Å². The number of amides is 1. The molecule has 134 valence electrons. The molecular formula is C18H22N2O5. The van der Waals surface area contributed by atoms with Gasteiger partial charge in [-0.25, -0.2) is 0 Å². The van der Waals surface area contributed by atoms with Crippen LogP contribution in [0.4, 0.5) is 5.69 Å². The molecule has 0 aliphatic heterocycles. The van der Waals surface area contributed by atoms with Gasteiger partial charge in [0.15, 0.2) is 6.10 Å². The maximum atomic E-state index is 12.1. The van der Waals surface area contributed by atoms with Gasteiger partial charge in [0.1, 0.15) is 11.5 Å². The summed E-state index contributed by atoms with van der Waals surface area (Å²) in [6.07, 6.45) is -0.269. The predicted octanol–water partition coefficient (Wildman–Crippen LogP) is 2.80. The van der Waals surface area contributed by atoms with E-state index in [1.165, 1.54) is 6.92 Å². The molecule has 1 atom stereocenters. The van der Waals surface area contributed by atoms with Gasteiger partial charge in [-0.3, -0.25) is 9.59 Å². The lowest BCUT2D eigenvalue weighted by molar-refractivity contribution is -0.153. The topological polar surface area (TPSA) is 90.7 Å². The number of anilines is 1. The third-order valence-electron chi connectivity index (χ3n) is 3.80. The van der Waals surface area contributed by atoms with E-state index in [-0.39, 0.29) is 6.42 Å². The van der Waals surface area contributed by atoms with Gasteiger partial charge in [0.25, 0.3) is 5.91 Å². The van der Waals surface area contributed by atoms with Crippen molar-refractivity contribution in [3.05, 3.63) is 41.3 Å². The molecule has 1 aromatic heterocycles. The number of methoxy groups -OCH3 is 1. The highest BCUT2D eigenvalue weighted by molar-refractivity contribution is 5.95. The molecule has 1 amide bonds. The number of carbonyl (C=O) groups excluding carboxylic acids is 2. The second-order valence-electron chi connectivity index (χ2n) is 5.65. The zero-order chi connectivity index (χ0) is 18.4. The van der Waals surface area contributed by atoms with Crippen molar-refractivity contribution in [2.45, 2.75) is 39.7 Å². The summed E-state index contributed by atoms with van der Waals surface area (Å²) in [4.78, 5) is 24.0. The Bertz CT molecular complexity index is 717. The summed E-state index contributed by atoms with van der Waals surface area (Å²) in [5.41, 5.74) is 2.26. The summed E-state index contributed by atoms with van der Waals surface area (Å²) in [5, 5.41) is 6.53. The normalized spacial score (nSPS) is 11.7. The zero-order valence-electron chi connectivity index (χ0n) is 14.8. The standard InChI is InChI=1S/C18H22N2O5/c1-11-16(12(2)25-20-11)9-10-17(21)24-13(3)18(22)19-14-5-7-15(23-4)8-6-14/h5-8,13H,9-10H2,1-4H3,(H,19,22)/t13-/m1/s1. The molecule has 0 spiro atoms. The van der Waals surface area contributed by atoms with Gasteiger partial charge >= 0.3 is 5.97 Å². The fraction of sp³-hybridized carbons (Fsp3) is 0.389. The van der Waals surface area contributed by atoms with E-state index >= 15 is 0 Å². The van der Waals surface area contributed by atoms with E-state index in [2.05, 4.69) is 10.5 Å². The molecule has 0 fully saturated rings. The van der Waals surface area contributed by atoms with Crippen LogP contribution in [0.5, 0.6) is 5.75 Å². The Morgan fingerprint density at radius 2 is 1.92 bits per heavy atom. The molecule has 0 saturated heterocycles.